The zero-order valence-electron chi connectivity index (χ0n) is 16.2. The largest absolute Gasteiger partial charge is 0.452 e. The zero-order chi connectivity index (χ0) is 21.4. The second-order valence-electron chi connectivity index (χ2n) is 6.94. The van der Waals surface area contributed by atoms with Crippen LogP contribution in [0.4, 0.5) is 0 Å². The standard InChI is InChI=1S/C24H16Cl2O4/c1-13-6-8-15(9-7-13)24(28)29-16-10-14(2)22-20(11-16)30-21(23(22)27)12-17-18(25)4-3-5-19(17)26/h3-12H,1-2H3/b21-12-. The molecule has 150 valence electrons. The zero-order valence-corrected chi connectivity index (χ0v) is 17.7. The van der Waals surface area contributed by atoms with Crippen LogP contribution in [-0.2, 0) is 0 Å². The minimum atomic E-state index is -0.489. The molecule has 1 aliphatic rings. The van der Waals surface area contributed by atoms with Crippen LogP contribution in [0.5, 0.6) is 11.5 Å². The number of aryl methyl sites for hydroxylation is 2. The lowest BCUT2D eigenvalue weighted by Crippen LogP contribution is -2.08. The predicted octanol–water partition coefficient (Wildman–Crippen LogP) is 6.45. The number of hydrogen-bond acceptors (Lipinski definition) is 4. The predicted molar refractivity (Wildman–Crippen MR) is 117 cm³/mol. The molecule has 6 heteroatoms. The molecule has 4 rings (SSSR count). The van der Waals surface area contributed by atoms with E-state index in [1.807, 2.05) is 19.1 Å². The van der Waals surface area contributed by atoms with Gasteiger partial charge in [-0.2, -0.15) is 0 Å². The van der Waals surface area contributed by atoms with E-state index in [0.717, 1.165) is 5.56 Å². The minimum absolute atomic E-state index is 0.102. The topological polar surface area (TPSA) is 52.6 Å². The third-order valence-electron chi connectivity index (χ3n) is 4.72. The van der Waals surface area contributed by atoms with Gasteiger partial charge in [-0.1, -0.05) is 47.0 Å². The number of hydrogen-bond donors (Lipinski definition) is 0. The second-order valence-corrected chi connectivity index (χ2v) is 7.76. The first-order valence-corrected chi connectivity index (χ1v) is 9.91. The number of carbonyl (C=O) groups excluding carboxylic acids is 2. The maximum absolute atomic E-state index is 12.8. The molecule has 0 aromatic heterocycles. The molecule has 0 N–H and O–H groups in total. The van der Waals surface area contributed by atoms with Crippen molar-refractivity contribution in [2.45, 2.75) is 13.8 Å². The van der Waals surface area contributed by atoms with Gasteiger partial charge in [0.1, 0.15) is 11.5 Å². The maximum Gasteiger partial charge on any atom is 0.343 e. The first-order chi connectivity index (χ1) is 14.3. The van der Waals surface area contributed by atoms with Crippen molar-refractivity contribution in [2.24, 2.45) is 0 Å². The number of ether oxygens (including phenoxy) is 2. The summed E-state index contributed by atoms with van der Waals surface area (Å²) in [7, 11) is 0. The lowest BCUT2D eigenvalue weighted by atomic mass is 10.0. The Kier molecular flexibility index (Phi) is 5.37. The third-order valence-corrected chi connectivity index (χ3v) is 5.38. The quantitative estimate of drug-likeness (QED) is 0.268. The van der Waals surface area contributed by atoms with Crippen molar-refractivity contribution in [1.82, 2.24) is 0 Å². The van der Waals surface area contributed by atoms with Crippen molar-refractivity contribution in [2.75, 3.05) is 0 Å². The molecule has 0 amide bonds. The Morgan fingerprint density at radius 3 is 2.33 bits per heavy atom. The minimum Gasteiger partial charge on any atom is -0.452 e. The van der Waals surface area contributed by atoms with Gasteiger partial charge >= 0.3 is 5.97 Å². The number of fused-ring (bicyclic) bond motifs is 1. The number of esters is 1. The van der Waals surface area contributed by atoms with Crippen LogP contribution in [0, 0.1) is 13.8 Å². The highest BCUT2D eigenvalue weighted by atomic mass is 35.5. The fraction of sp³-hybridized carbons (Fsp3) is 0.0833. The van der Waals surface area contributed by atoms with Crippen LogP contribution in [0.2, 0.25) is 10.0 Å². The molecule has 0 bridgehead atoms. The highest BCUT2D eigenvalue weighted by Gasteiger charge is 2.30. The van der Waals surface area contributed by atoms with E-state index in [-0.39, 0.29) is 11.5 Å². The number of halogens is 2. The number of rotatable bonds is 3. The van der Waals surface area contributed by atoms with Gasteiger partial charge in [0, 0.05) is 21.7 Å². The van der Waals surface area contributed by atoms with Crippen LogP contribution in [0.1, 0.15) is 37.4 Å². The Hall–Kier alpha value is -3.08. The summed E-state index contributed by atoms with van der Waals surface area (Å²) in [6.45, 7) is 3.70. The molecule has 0 saturated heterocycles. The smallest absolute Gasteiger partial charge is 0.343 e. The molecule has 4 nitrogen and oxygen atoms in total. The molecule has 3 aromatic rings. The van der Waals surface area contributed by atoms with Crippen molar-refractivity contribution < 1.29 is 19.1 Å². The molecule has 1 heterocycles. The summed E-state index contributed by atoms with van der Waals surface area (Å²) in [4.78, 5) is 25.3. The van der Waals surface area contributed by atoms with E-state index in [1.165, 1.54) is 12.1 Å². The normalized spacial score (nSPS) is 13.9. The maximum atomic E-state index is 12.8. The lowest BCUT2D eigenvalue weighted by Gasteiger charge is -2.08. The number of carbonyl (C=O) groups is 2. The lowest BCUT2D eigenvalue weighted by molar-refractivity contribution is 0.0734. The Morgan fingerprint density at radius 2 is 1.67 bits per heavy atom. The molecule has 0 atom stereocenters. The molecule has 3 aromatic carbocycles. The average Bonchev–Trinajstić information content (AvgIpc) is 3.01. The number of ketones is 1. The average molecular weight is 439 g/mol. The fourth-order valence-corrected chi connectivity index (χ4v) is 3.68. The summed E-state index contributed by atoms with van der Waals surface area (Å²) in [5.74, 6) is -0.0555. The molecule has 0 spiro atoms. The van der Waals surface area contributed by atoms with Crippen molar-refractivity contribution in [3.8, 4) is 11.5 Å². The highest BCUT2D eigenvalue weighted by Crippen LogP contribution is 2.38. The molecule has 30 heavy (non-hydrogen) atoms. The SMILES string of the molecule is Cc1ccc(C(=O)Oc2cc(C)c3c(c2)O/C(=C\c2c(Cl)cccc2Cl)C3=O)cc1. The van der Waals surface area contributed by atoms with Gasteiger partial charge in [-0.3, -0.25) is 4.79 Å². The molecule has 0 aliphatic carbocycles. The molecule has 0 radical (unpaired) electrons. The van der Waals surface area contributed by atoms with E-state index in [2.05, 4.69) is 0 Å². The molecule has 1 aliphatic heterocycles. The van der Waals surface area contributed by atoms with E-state index in [0.29, 0.717) is 43.8 Å². The number of Topliss-reactive ketones (excluding diaryl/α,β-unsaturated/α-hetero) is 1. The summed E-state index contributed by atoms with van der Waals surface area (Å²) in [6.07, 6.45) is 1.52. The van der Waals surface area contributed by atoms with Crippen LogP contribution in [0.15, 0.2) is 60.4 Å². The van der Waals surface area contributed by atoms with E-state index in [1.54, 1.807) is 43.3 Å². The van der Waals surface area contributed by atoms with Gasteiger partial charge in [0.2, 0.25) is 5.78 Å². The summed E-state index contributed by atoms with van der Waals surface area (Å²) in [5, 5.41) is 0.818. The molecule has 0 saturated carbocycles. The van der Waals surface area contributed by atoms with Gasteiger partial charge in [0.15, 0.2) is 5.76 Å². The fourth-order valence-electron chi connectivity index (χ4n) is 3.17. The van der Waals surface area contributed by atoms with Crippen molar-refractivity contribution in [3.05, 3.63) is 98.2 Å². The van der Waals surface area contributed by atoms with E-state index in [9.17, 15) is 9.59 Å². The monoisotopic (exact) mass is 438 g/mol. The van der Waals surface area contributed by atoms with Gasteiger partial charge in [0.25, 0.3) is 0 Å². The summed E-state index contributed by atoms with van der Waals surface area (Å²) < 4.78 is 11.2. The van der Waals surface area contributed by atoms with Crippen LogP contribution in [0.3, 0.4) is 0 Å². The van der Waals surface area contributed by atoms with Crippen LogP contribution in [-0.4, -0.2) is 11.8 Å². The van der Waals surface area contributed by atoms with Crippen molar-refractivity contribution in [3.63, 3.8) is 0 Å². The summed E-state index contributed by atoms with van der Waals surface area (Å²) in [5.41, 5.74) is 3.03. The van der Waals surface area contributed by atoms with E-state index < -0.39 is 5.97 Å². The van der Waals surface area contributed by atoms with Gasteiger partial charge in [-0.25, -0.2) is 4.79 Å². The van der Waals surface area contributed by atoms with Gasteiger partial charge < -0.3 is 9.47 Å². The first-order valence-electron chi connectivity index (χ1n) is 9.15. The van der Waals surface area contributed by atoms with E-state index >= 15 is 0 Å². The second kappa shape index (κ2) is 7.98. The summed E-state index contributed by atoms with van der Waals surface area (Å²) in [6, 6.07) is 15.3. The number of benzene rings is 3. The molecule has 0 unspecified atom stereocenters. The van der Waals surface area contributed by atoms with Gasteiger partial charge in [-0.15, -0.1) is 0 Å². The van der Waals surface area contributed by atoms with E-state index in [4.69, 9.17) is 32.7 Å². The van der Waals surface area contributed by atoms with Crippen LogP contribution >= 0.6 is 23.2 Å². The Labute approximate surface area is 183 Å². The van der Waals surface area contributed by atoms with Crippen LogP contribution in [0.25, 0.3) is 6.08 Å². The van der Waals surface area contributed by atoms with Crippen molar-refractivity contribution >= 4 is 41.0 Å². The van der Waals surface area contributed by atoms with Gasteiger partial charge in [-0.05, 0) is 55.8 Å². The Balaban J connectivity index is 1.63. The molecule has 0 fully saturated rings. The first kappa shape index (κ1) is 20.2. The van der Waals surface area contributed by atoms with Gasteiger partial charge in [0.05, 0.1) is 11.1 Å². The highest BCUT2D eigenvalue weighted by molar-refractivity contribution is 6.37. The Morgan fingerprint density at radius 1 is 1.00 bits per heavy atom. The number of allylic oxidation sites excluding steroid dienone is 1. The molecular weight excluding hydrogens is 423 g/mol. The summed E-state index contributed by atoms with van der Waals surface area (Å²) >= 11 is 12.4. The third kappa shape index (κ3) is 3.84. The van der Waals surface area contributed by atoms with Crippen LogP contribution < -0.4 is 9.47 Å². The Bertz CT molecular complexity index is 1190. The molecular formula is C24H16Cl2O4. The van der Waals surface area contributed by atoms with Crippen molar-refractivity contribution in [1.29, 1.82) is 0 Å².